The maximum atomic E-state index is 12.9. The summed E-state index contributed by atoms with van der Waals surface area (Å²) in [5.41, 5.74) is 1.09. The summed E-state index contributed by atoms with van der Waals surface area (Å²) in [5.74, 6) is -1.21. The normalized spacial score (nSPS) is 10.1. The highest BCUT2D eigenvalue weighted by Crippen LogP contribution is 2.15. The fraction of sp³-hybridized carbons (Fsp3) is 0.167. The molecule has 0 bridgehead atoms. The topological polar surface area (TPSA) is 79.5 Å². The van der Waals surface area contributed by atoms with E-state index < -0.39 is 11.7 Å². The minimum absolute atomic E-state index is 0.0245. The van der Waals surface area contributed by atoms with Gasteiger partial charge in [0.05, 0.1) is 17.9 Å². The number of methoxy groups -OCH3 is 1. The van der Waals surface area contributed by atoms with Crippen LogP contribution in [0.3, 0.4) is 0 Å². The molecule has 0 fully saturated rings. The third-order valence-electron chi connectivity index (χ3n) is 3.35. The summed E-state index contributed by atoms with van der Waals surface area (Å²) in [6.45, 7) is 0.767. The lowest BCUT2D eigenvalue weighted by molar-refractivity contribution is 0.0936. The van der Waals surface area contributed by atoms with Crippen LogP contribution in [0.5, 0.6) is 0 Å². The van der Waals surface area contributed by atoms with Gasteiger partial charge in [0.15, 0.2) is 5.11 Å². The number of nitrogens with one attached hydrogen (secondary N) is 3. The van der Waals surface area contributed by atoms with Crippen LogP contribution < -0.4 is 16.0 Å². The molecule has 0 aliphatic heterocycles. The summed E-state index contributed by atoms with van der Waals surface area (Å²) in [5, 5.41) is 8.06. The number of ether oxygens (including phenoxy) is 1. The van der Waals surface area contributed by atoms with Gasteiger partial charge in [-0.15, -0.1) is 0 Å². The SMILES string of the molecule is COCCNC(=O)c1ccccc1NC(=S)NC(=O)c1ccc(F)cc1. The number of hydrogen-bond donors (Lipinski definition) is 3. The van der Waals surface area contributed by atoms with Gasteiger partial charge >= 0.3 is 0 Å². The number of rotatable bonds is 6. The molecule has 2 amide bonds. The molecule has 0 aliphatic carbocycles. The van der Waals surface area contributed by atoms with Crippen molar-refractivity contribution in [2.45, 2.75) is 0 Å². The minimum Gasteiger partial charge on any atom is -0.383 e. The molecule has 0 saturated carbocycles. The van der Waals surface area contributed by atoms with Crippen molar-refractivity contribution < 1.29 is 18.7 Å². The smallest absolute Gasteiger partial charge is 0.257 e. The molecule has 0 aromatic heterocycles. The predicted octanol–water partition coefficient (Wildman–Crippen LogP) is 2.33. The Labute approximate surface area is 155 Å². The van der Waals surface area contributed by atoms with Crippen LogP contribution in [-0.4, -0.2) is 37.2 Å². The molecule has 8 heteroatoms. The average molecular weight is 375 g/mol. The van der Waals surface area contributed by atoms with E-state index in [-0.39, 0.29) is 16.6 Å². The minimum atomic E-state index is -0.482. The molecule has 3 N–H and O–H groups in total. The first-order valence-electron chi connectivity index (χ1n) is 7.75. The second-order valence-corrected chi connectivity index (χ2v) is 5.62. The molecule has 0 heterocycles. The zero-order chi connectivity index (χ0) is 18.9. The van der Waals surface area contributed by atoms with Crippen LogP contribution in [0.2, 0.25) is 0 Å². The zero-order valence-corrected chi connectivity index (χ0v) is 14.9. The Kier molecular flexibility index (Phi) is 7.19. The van der Waals surface area contributed by atoms with E-state index >= 15 is 0 Å². The van der Waals surface area contributed by atoms with Crippen molar-refractivity contribution in [3.63, 3.8) is 0 Å². The van der Waals surface area contributed by atoms with Gasteiger partial charge in [0.1, 0.15) is 5.82 Å². The molecule has 0 saturated heterocycles. The number of carbonyl (C=O) groups is 2. The summed E-state index contributed by atoms with van der Waals surface area (Å²) in [4.78, 5) is 24.3. The summed E-state index contributed by atoms with van der Waals surface area (Å²) >= 11 is 5.12. The van der Waals surface area contributed by atoms with Crippen molar-refractivity contribution in [1.82, 2.24) is 10.6 Å². The van der Waals surface area contributed by atoms with Crippen LogP contribution in [0, 0.1) is 5.82 Å². The molecular weight excluding hydrogens is 357 g/mol. The Morgan fingerprint density at radius 1 is 1.08 bits per heavy atom. The Hall–Kier alpha value is -2.84. The molecule has 136 valence electrons. The maximum Gasteiger partial charge on any atom is 0.257 e. The molecule has 6 nitrogen and oxygen atoms in total. The highest BCUT2D eigenvalue weighted by Gasteiger charge is 2.13. The van der Waals surface area contributed by atoms with E-state index in [0.717, 1.165) is 0 Å². The number of anilines is 1. The van der Waals surface area contributed by atoms with Crippen molar-refractivity contribution in [3.8, 4) is 0 Å². The molecule has 0 spiro atoms. The molecule has 2 aromatic carbocycles. The third-order valence-corrected chi connectivity index (χ3v) is 3.55. The van der Waals surface area contributed by atoms with E-state index in [1.54, 1.807) is 31.4 Å². The first kappa shape index (κ1) is 19.5. The lowest BCUT2D eigenvalue weighted by Crippen LogP contribution is -2.35. The summed E-state index contributed by atoms with van der Waals surface area (Å²) in [6.07, 6.45) is 0. The van der Waals surface area contributed by atoms with Gasteiger partial charge in [0.25, 0.3) is 11.8 Å². The highest BCUT2D eigenvalue weighted by atomic mass is 32.1. The van der Waals surface area contributed by atoms with Crippen molar-refractivity contribution in [3.05, 3.63) is 65.5 Å². The Balaban J connectivity index is 2.01. The quantitative estimate of drug-likeness (QED) is 0.533. The third kappa shape index (κ3) is 5.61. The molecular formula is C18H18FN3O3S. The van der Waals surface area contributed by atoms with Crippen LogP contribution >= 0.6 is 12.2 Å². The number of benzene rings is 2. The van der Waals surface area contributed by atoms with Gasteiger partial charge in [-0.2, -0.15) is 0 Å². The van der Waals surface area contributed by atoms with Gasteiger partial charge < -0.3 is 15.4 Å². The van der Waals surface area contributed by atoms with Crippen LogP contribution in [0.4, 0.5) is 10.1 Å². The summed E-state index contributed by atoms with van der Waals surface area (Å²) in [6, 6.07) is 11.8. The van der Waals surface area contributed by atoms with Gasteiger partial charge in [0, 0.05) is 19.2 Å². The van der Waals surface area contributed by atoms with Gasteiger partial charge in [-0.3, -0.25) is 14.9 Å². The van der Waals surface area contributed by atoms with Crippen molar-refractivity contribution >= 4 is 34.8 Å². The number of carbonyl (C=O) groups excluding carboxylic acids is 2. The molecule has 0 atom stereocenters. The fourth-order valence-electron chi connectivity index (χ4n) is 2.08. The van der Waals surface area contributed by atoms with E-state index in [1.807, 2.05) is 0 Å². The predicted molar refractivity (Wildman–Crippen MR) is 101 cm³/mol. The van der Waals surface area contributed by atoms with Crippen LogP contribution in [0.25, 0.3) is 0 Å². The van der Waals surface area contributed by atoms with E-state index in [1.165, 1.54) is 24.3 Å². The van der Waals surface area contributed by atoms with E-state index in [0.29, 0.717) is 24.4 Å². The molecule has 0 radical (unpaired) electrons. The van der Waals surface area contributed by atoms with Crippen molar-refractivity contribution in [1.29, 1.82) is 0 Å². The Morgan fingerprint density at radius 2 is 1.77 bits per heavy atom. The van der Waals surface area contributed by atoms with Gasteiger partial charge in [-0.1, -0.05) is 12.1 Å². The van der Waals surface area contributed by atoms with Crippen LogP contribution in [0.1, 0.15) is 20.7 Å². The lowest BCUT2D eigenvalue weighted by Gasteiger charge is -2.13. The fourth-order valence-corrected chi connectivity index (χ4v) is 2.28. The second kappa shape index (κ2) is 9.59. The monoisotopic (exact) mass is 375 g/mol. The van der Waals surface area contributed by atoms with E-state index in [4.69, 9.17) is 17.0 Å². The first-order valence-corrected chi connectivity index (χ1v) is 8.16. The standard InChI is InChI=1S/C18H18FN3O3S/c1-25-11-10-20-17(24)14-4-2-3-5-15(14)21-18(26)22-16(23)12-6-8-13(19)9-7-12/h2-9H,10-11H2,1H3,(H,20,24)(H2,21,22,23,26). The lowest BCUT2D eigenvalue weighted by atomic mass is 10.1. The van der Waals surface area contributed by atoms with Gasteiger partial charge in [-0.25, -0.2) is 4.39 Å². The Bertz CT molecular complexity index is 797. The van der Waals surface area contributed by atoms with Crippen LogP contribution in [0.15, 0.2) is 48.5 Å². The first-order chi connectivity index (χ1) is 12.5. The number of amides is 2. The maximum absolute atomic E-state index is 12.9. The molecule has 2 aromatic rings. The van der Waals surface area contributed by atoms with E-state index in [9.17, 15) is 14.0 Å². The molecule has 0 unspecified atom stereocenters. The molecule has 0 aliphatic rings. The van der Waals surface area contributed by atoms with Crippen molar-refractivity contribution in [2.24, 2.45) is 0 Å². The highest BCUT2D eigenvalue weighted by molar-refractivity contribution is 7.80. The number of para-hydroxylation sites is 1. The molecule has 26 heavy (non-hydrogen) atoms. The summed E-state index contributed by atoms with van der Waals surface area (Å²) in [7, 11) is 1.55. The Morgan fingerprint density at radius 3 is 2.46 bits per heavy atom. The van der Waals surface area contributed by atoms with Gasteiger partial charge in [-0.05, 0) is 48.6 Å². The van der Waals surface area contributed by atoms with E-state index in [2.05, 4.69) is 16.0 Å². The second-order valence-electron chi connectivity index (χ2n) is 5.21. The molecule has 2 rings (SSSR count). The number of thiocarbonyl (C=S) groups is 1. The van der Waals surface area contributed by atoms with Crippen LogP contribution in [-0.2, 0) is 4.74 Å². The zero-order valence-electron chi connectivity index (χ0n) is 14.0. The van der Waals surface area contributed by atoms with Crippen molar-refractivity contribution in [2.75, 3.05) is 25.6 Å². The summed E-state index contributed by atoms with van der Waals surface area (Å²) < 4.78 is 17.8. The largest absolute Gasteiger partial charge is 0.383 e. The number of halogens is 1. The van der Waals surface area contributed by atoms with Gasteiger partial charge in [0.2, 0.25) is 0 Å². The number of hydrogen-bond acceptors (Lipinski definition) is 4. The average Bonchev–Trinajstić information content (AvgIpc) is 2.62.